The summed E-state index contributed by atoms with van der Waals surface area (Å²) < 4.78 is 38.4. The van der Waals surface area contributed by atoms with Crippen LogP contribution in [0, 0.1) is 0 Å². The second-order valence-corrected chi connectivity index (χ2v) is 11.7. The summed E-state index contributed by atoms with van der Waals surface area (Å²) in [5, 5.41) is 2.81. The molecule has 0 saturated carbocycles. The van der Waals surface area contributed by atoms with Crippen LogP contribution >= 0.6 is 7.52 Å². The van der Waals surface area contributed by atoms with Crippen molar-refractivity contribution in [1.82, 2.24) is 29.6 Å². The number of ether oxygens (including phenoxy) is 3. The first-order valence-electron chi connectivity index (χ1n) is 13.0. The molecular weight excluding hydrogens is 549 g/mol. The quantitative estimate of drug-likeness (QED) is 0.172. The van der Waals surface area contributed by atoms with Crippen LogP contribution in [0.1, 0.15) is 27.7 Å². The normalized spacial score (nSPS) is 14.4. The van der Waals surface area contributed by atoms with Gasteiger partial charge in [-0.2, -0.15) is 0 Å². The van der Waals surface area contributed by atoms with Crippen LogP contribution in [0.3, 0.4) is 0 Å². The summed E-state index contributed by atoms with van der Waals surface area (Å²) >= 11 is 0. The number of nitrogens with one attached hydrogen (secondary N) is 1. The lowest BCUT2D eigenvalue weighted by atomic mass is 10.1. The Labute approximate surface area is 237 Å². The minimum absolute atomic E-state index is 0.277. The van der Waals surface area contributed by atoms with E-state index in [2.05, 4.69) is 25.0 Å². The van der Waals surface area contributed by atoms with Crippen LogP contribution in [0.2, 0.25) is 0 Å². The van der Waals surface area contributed by atoms with E-state index in [4.69, 9.17) is 24.5 Å². The van der Waals surface area contributed by atoms with E-state index in [0.29, 0.717) is 34.9 Å². The molecule has 0 fully saturated rings. The van der Waals surface area contributed by atoms with Crippen molar-refractivity contribution in [2.24, 2.45) is 0 Å². The number of aromatic nitrogens is 5. The summed E-state index contributed by atoms with van der Waals surface area (Å²) in [6.07, 6.45) is 3.53. The molecule has 4 aromatic rings. The fourth-order valence-corrected chi connectivity index (χ4v) is 5.76. The Morgan fingerprint density at radius 2 is 1.83 bits per heavy atom. The number of methoxy groups -OCH3 is 1. The Morgan fingerprint density at radius 3 is 2.54 bits per heavy atom. The monoisotopic (exact) mass is 583 g/mol. The van der Waals surface area contributed by atoms with E-state index < -0.39 is 25.6 Å². The predicted molar refractivity (Wildman–Crippen MR) is 153 cm³/mol. The molecular formula is C27H34N7O6P. The number of nitrogens with two attached hydrogens (primary N) is 1. The number of benzene rings is 1. The molecule has 3 atom stereocenters. The third kappa shape index (κ3) is 7.57. The van der Waals surface area contributed by atoms with Crippen molar-refractivity contribution in [2.45, 2.75) is 52.5 Å². The zero-order valence-corrected chi connectivity index (χ0v) is 24.4. The van der Waals surface area contributed by atoms with Gasteiger partial charge in [-0.05, 0) is 64.1 Å². The number of anilines is 1. The predicted octanol–water partition coefficient (Wildman–Crippen LogP) is 4.04. The average Bonchev–Trinajstić information content (AvgIpc) is 3.35. The number of pyridine rings is 1. The standard InChI is InChI=1S/C27H34N7O6P/c1-17(2)39-27(35)19(4)33-41(36,16-38-18(3)13-34-15-32-24-25(28)30-14-31-26(24)34)40-21-10-8-20(9-11-21)23-22(37-5)7-6-12-29-23/h6-12,14-15,17-19H,13,16H2,1-5H3,(H,33,36)(H2,28,30,31)/t18-,19+,41?/m1/s1. The van der Waals surface area contributed by atoms with Crippen LogP contribution in [0.4, 0.5) is 5.82 Å². The smallest absolute Gasteiger partial charge is 0.342 e. The van der Waals surface area contributed by atoms with Gasteiger partial charge in [0.05, 0.1) is 32.2 Å². The maximum absolute atomic E-state index is 14.0. The third-order valence-electron chi connectivity index (χ3n) is 5.88. The van der Waals surface area contributed by atoms with Crippen LogP contribution in [0.25, 0.3) is 22.4 Å². The number of carbonyl (C=O) groups excluding carboxylic acids is 1. The Kier molecular flexibility index (Phi) is 9.53. The first-order chi connectivity index (χ1) is 19.6. The fraction of sp³-hybridized carbons (Fsp3) is 0.370. The molecule has 0 bridgehead atoms. The van der Waals surface area contributed by atoms with Gasteiger partial charge in [0.15, 0.2) is 11.5 Å². The minimum atomic E-state index is -3.78. The molecule has 13 nitrogen and oxygen atoms in total. The van der Waals surface area contributed by atoms with Gasteiger partial charge in [-0.3, -0.25) is 14.3 Å². The molecule has 0 amide bonds. The highest BCUT2D eigenvalue weighted by Crippen LogP contribution is 2.44. The number of hydrogen-bond donors (Lipinski definition) is 2. The van der Waals surface area contributed by atoms with Crippen LogP contribution in [-0.4, -0.2) is 62.2 Å². The molecule has 1 unspecified atom stereocenters. The van der Waals surface area contributed by atoms with Crippen molar-refractivity contribution in [3.8, 4) is 22.8 Å². The molecule has 0 aliphatic carbocycles. The summed E-state index contributed by atoms with van der Waals surface area (Å²) in [6.45, 7) is 7.19. The van der Waals surface area contributed by atoms with Crippen molar-refractivity contribution in [2.75, 3.05) is 19.2 Å². The fourth-order valence-electron chi connectivity index (χ4n) is 3.98. The molecule has 1 aromatic carbocycles. The van der Waals surface area contributed by atoms with Crippen molar-refractivity contribution in [3.63, 3.8) is 0 Å². The molecule has 0 saturated heterocycles. The number of imidazole rings is 1. The van der Waals surface area contributed by atoms with E-state index in [-0.39, 0.29) is 18.3 Å². The average molecular weight is 584 g/mol. The zero-order valence-electron chi connectivity index (χ0n) is 23.6. The number of fused-ring (bicyclic) bond motifs is 1. The molecule has 0 aliphatic heterocycles. The van der Waals surface area contributed by atoms with Crippen LogP contribution in [0.5, 0.6) is 11.5 Å². The van der Waals surface area contributed by atoms with E-state index >= 15 is 0 Å². The first-order valence-corrected chi connectivity index (χ1v) is 14.8. The van der Waals surface area contributed by atoms with Crippen molar-refractivity contribution in [1.29, 1.82) is 0 Å². The highest BCUT2D eigenvalue weighted by atomic mass is 31.2. The second kappa shape index (κ2) is 13.1. The summed E-state index contributed by atoms with van der Waals surface area (Å²) in [5.74, 6) is 0.650. The van der Waals surface area contributed by atoms with Gasteiger partial charge in [-0.25, -0.2) is 20.0 Å². The molecule has 14 heteroatoms. The van der Waals surface area contributed by atoms with Gasteiger partial charge in [0.2, 0.25) is 0 Å². The number of nitrogen functional groups attached to an aromatic ring is 1. The summed E-state index contributed by atoms with van der Waals surface area (Å²) in [5.41, 5.74) is 8.36. The van der Waals surface area contributed by atoms with E-state index in [9.17, 15) is 9.36 Å². The number of hydrogen-bond acceptors (Lipinski definition) is 11. The highest BCUT2D eigenvalue weighted by Gasteiger charge is 2.32. The van der Waals surface area contributed by atoms with Crippen LogP contribution in [-0.2, 0) is 25.4 Å². The van der Waals surface area contributed by atoms with Gasteiger partial charge in [-0.15, -0.1) is 0 Å². The maximum Gasteiger partial charge on any atom is 0.342 e. The molecule has 4 rings (SSSR count). The highest BCUT2D eigenvalue weighted by molar-refractivity contribution is 7.57. The van der Waals surface area contributed by atoms with Gasteiger partial charge in [0.1, 0.15) is 41.4 Å². The molecule has 3 heterocycles. The lowest BCUT2D eigenvalue weighted by Crippen LogP contribution is -2.37. The van der Waals surface area contributed by atoms with E-state index in [0.717, 1.165) is 5.56 Å². The molecule has 41 heavy (non-hydrogen) atoms. The molecule has 3 aromatic heterocycles. The second-order valence-electron chi connectivity index (χ2n) is 9.61. The van der Waals surface area contributed by atoms with Gasteiger partial charge >= 0.3 is 13.5 Å². The first kappa shape index (κ1) is 29.9. The molecule has 0 aliphatic rings. The van der Waals surface area contributed by atoms with Crippen molar-refractivity contribution in [3.05, 3.63) is 55.2 Å². The Hall–Kier alpha value is -4.06. The largest absolute Gasteiger partial charge is 0.494 e. The molecule has 0 spiro atoms. The summed E-state index contributed by atoms with van der Waals surface area (Å²) in [6, 6.07) is 9.57. The lowest BCUT2D eigenvalue weighted by Gasteiger charge is -2.25. The van der Waals surface area contributed by atoms with E-state index in [1.54, 1.807) is 75.3 Å². The molecule has 218 valence electrons. The van der Waals surface area contributed by atoms with Gasteiger partial charge < -0.3 is 29.0 Å². The SMILES string of the molecule is COc1cccnc1-c1ccc(OP(=O)(CO[C@H](C)Cn2cnc3c(N)ncnc32)N[C@@H](C)C(=O)OC(C)C)cc1. The summed E-state index contributed by atoms with van der Waals surface area (Å²) in [4.78, 5) is 29.3. The van der Waals surface area contributed by atoms with Crippen LogP contribution < -0.4 is 20.1 Å². The van der Waals surface area contributed by atoms with E-state index in [1.807, 2.05) is 13.0 Å². The van der Waals surface area contributed by atoms with Gasteiger partial charge in [0.25, 0.3) is 0 Å². The number of carbonyl (C=O) groups is 1. The Morgan fingerprint density at radius 1 is 1.07 bits per heavy atom. The van der Waals surface area contributed by atoms with Crippen LogP contribution in [0.15, 0.2) is 55.2 Å². The van der Waals surface area contributed by atoms with Gasteiger partial charge in [0, 0.05) is 11.8 Å². The number of esters is 1. The minimum Gasteiger partial charge on any atom is -0.494 e. The maximum atomic E-state index is 14.0. The summed E-state index contributed by atoms with van der Waals surface area (Å²) in [7, 11) is -2.21. The molecule has 0 radical (unpaired) electrons. The van der Waals surface area contributed by atoms with Gasteiger partial charge in [-0.1, -0.05) is 0 Å². The Balaban J connectivity index is 1.50. The zero-order chi connectivity index (χ0) is 29.6. The molecule has 3 N–H and O–H groups in total. The Bertz CT molecular complexity index is 1530. The number of rotatable bonds is 13. The van der Waals surface area contributed by atoms with E-state index in [1.165, 1.54) is 6.33 Å². The number of nitrogens with zero attached hydrogens (tertiary/aromatic N) is 5. The van der Waals surface area contributed by atoms with Crippen molar-refractivity contribution < 1.29 is 28.1 Å². The van der Waals surface area contributed by atoms with Crippen molar-refractivity contribution >= 4 is 30.5 Å². The lowest BCUT2D eigenvalue weighted by molar-refractivity contribution is -0.149. The topological polar surface area (TPSA) is 166 Å². The third-order valence-corrected chi connectivity index (χ3v) is 7.65.